The lowest BCUT2D eigenvalue weighted by atomic mass is 9.94. The number of hydrogen-bond donors (Lipinski definition) is 2. The molecule has 2 aliphatic heterocycles. The highest BCUT2D eigenvalue weighted by molar-refractivity contribution is 7.99. The summed E-state index contributed by atoms with van der Waals surface area (Å²) in [5.41, 5.74) is 0. The van der Waals surface area contributed by atoms with Crippen molar-refractivity contribution in [3.05, 3.63) is 30.3 Å². The van der Waals surface area contributed by atoms with Gasteiger partial charge < -0.3 is 20.3 Å². The molecular formula is C20H31N3O2S. The van der Waals surface area contributed by atoms with Gasteiger partial charge in [0.1, 0.15) is 12.4 Å². The number of benzene rings is 1. The number of thioether (sulfide) groups is 1. The zero-order chi connectivity index (χ0) is 18.0. The molecule has 0 unspecified atom stereocenters. The van der Waals surface area contributed by atoms with Gasteiger partial charge in [-0.15, -0.1) is 0 Å². The third-order valence-corrected chi connectivity index (χ3v) is 6.36. The molecule has 0 saturated carbocycles. The first-order chi connectivity index (χ1) is 12.8. The van der Waals surface area contributed by atoms with E-state index < -0.39 is 0 Å². The molecule has 2 N–H and O–H groups in total. The standard InChI is InChI=1S/C20H31N3O2S/c24-20(21-10-13-25-19-4-2-1-3-5-19)22-16-17-6-11-23(12-7-17)18-8-14-26-15-9-18/h1-5,17-18H,6-16H2,(H2,21,22,24). The largest absolute Gasteiger partial charge is 0.492 e. The van der Waals surface area contributed by atoms with Crippen LogP contribution >= 0.6 is 11.8 Å². The highest BCUT2D eigenvalue weighted by Gasteiger charge is 2.26. The molecule has 2 fully saturated rings. The van der Waals surface area contributed by atoms with Crippen LogP contribution in [0.5, 0.6) is 5.75 Å². The molecule has 0 atom stereocenters. The number of nitrogens with one attached hydrogen (secondary N) is 2. The smallest absolute Gasteiger partial charge is 0.314 e. The van der Waals surface area contributed by atoms with Crippen LogP contribution < -0.4 is 15.4 Å². The van der Waals surface area contributed by atoms with E-state index in [2.05, 4.69) is 27.3 Å². The maximum absolute atomic E-state index is 11.9. The predicted octanol–water partition coefficient (Wildman–Crippen LogP) is 2.97. The Morgan fingerprint density at radius 2 is 1.81 bits per heavy atom. The van der Waals surface area contributed by atoms with E-state index in [1.54, 1.807) is 0 Å². The van der Waals surface area contributed by atoms with Crippen molar-refractivity contribution in [2.75, 3.05) is 44.3 Å². The third kappa shape index (κ3) is 6.40. The van der Waals surface area contributed by atoms with Gasteiger partial charge in [0, 0.05) is 12.6 Å². The van der Waals surface area contributed by atoms with E-state index >= 15 is 0 Å². The lowest BCUT2D eigenvalue weighted by Gasteiger charge is -2.39. The number of nitrogens with zero attached hydrogens (tertiary/aromatic N) is 1. The number of amides is 2. The summed E-state index contributed by atoms with van der Waals surface area (Å²) in [6.07, 6.45) is 5.09. The maximum atomic E-state index is 11.9. The number of likely N-dealkylation sites (tertiary alicyclic amines) is 1. The number of rotatable bonds is 7. The molecule has 0 spiro atoms. The van der Waals surface area contributed by atoms with Crippen molar-refractivity contribution in [2.45, 2.75) is 31.7 Å². The number of urea groups is 1. The number of ether oxygens (including phenoxy) is 1. The fourth-order valence-electron chi connectivity index (χ4n) is 3.72. The van der Waals surface area contributed by atoms with Crippen LogP contribution in [0.3, 0.4) is 0 Å². The van der Waals surface area contributed by atoms with E-state index in [1.807, 2.05) is 30.3 Å². The summed E-state index contributed by atoms with van der Waals surface area (Å²) >= 11 is 2.09. The molecule has 26 heavy (non-hydrogen) atoms. The molecule has 0 bridgehead atoms. The van der Waals surface area contributed by atoms with E-state index in [4.69, 9.17) is 4.74 Å². The monoisotopic (exact) mass is 377 g/mol. The highest BCUT2D eigenvalue weighted by Crippen LogP contribution is 2.26. The molecule has 1 aromatic carbocycles. The second-order valence-electron chi connectivity index (χ2n) is 7.12. The summed E-state index contributed by atoms with van der Waals surface area (Å²) < 4.78 is 5.57. The van der Waals surface area contributed by atoms with Crippen molar-refractivity contribution in [3.8, 4) is 5.75 Å². The van der Waals surface area contributed by atoms with Crippen LogP contribution in [0, 0.1) is 5.92 Å². The van der Waals surface area contributed by atoms with Crippen LogP contribution in [0.1, 0.15) is 25.7 Å². The fraction of sp³-hybridized carbons (Fsp3) is 0.650. The Bertz CT molecular complexity index is 529. The highest BCUT2D eigenvalue weighted by atomic mass is 32.2. The molecule has 2 aliphatic rings. The summed E-state index contributed by atoms with van der Waals surface area (Å²) in [6, 6.07) is 10.4. The van der Waals surface area contributed by atoms with Gasteiger partial charge in [-0.1, -0.05) is 18.2 Å². The van der Waals surface area contributed by atoms with Gasteiger partial charge in [-0.3, -0.25) is 0 Å². The van der Waals surface area contributed by atoms with Gasteiger partial charge >= 0.3 is 6.03 Å². The average molecular weight is 378 g/mol. The van der Waals surface area contributed by atoms with E-state index in [1.165, 1.54) is 50.3 Å². The van der Waals surface area contributed by atoms with Gasteiger partial charge in [-0.25, -0.2) is 4.79 Å². The molecule has 3 rings (SSSR count). The van der Waals surface area contributed by atoms with Gasteiger partial charge in [-0.05, 0) is 68.3 Å². The van der Waals surface area contributed by atoms with Gasteiger partial charge in [-0.2, -0.15) is 11.8 Å². The van der Waals surface area contributed by atoms with Crippen LogP contribution in [0.4, 0.5) is 4.79 Å². The number of carbonyl (C=O) groups excluding carboxylic acids is 1. The Morgan fingerprint density at radius 3 is 2.54 bits per heavy atom. The van der Waals surface area contributed by atoms with Crippen LogP contribution in [-0.2, 0) is 0 Å². The summed E-state index contributed by atoms with van der Waals surface area (Å²) in [7, 11) is 0. The van der Waals surface area contributed by atoms with Crippen LogP contribution in [-0.4, -0.2) is 61.3 Å². The predicted molar refractivity (Wildman–Crippen MR) is 108 cm³/mol. The first kappa shape index (κ1) is 19.4. The molecule has 6 heteroatoms. The van der Waals surface area contributed by atoms with Crippen molar-refractivity contribution < 1.29 is 9.53 Å². The van der Waals surface area contributed by atoms with Crippen molar-refractivity contribution in [2.24, 2.45) is 5.92 Å². The molecule has 0 aromatic heterocycles. The van der Waals surface area contributed by atoms with E-state index in [0.29, 0.717) is 19.1 Å². The van der Waals surface area contributed by atoms with E-state index in [9.17, 15) is 4.79 Å². The molecule has 2 amide bonds. The second kappa shape index (κ2) is 10.7. The Labute approximate surface area is 161 Å². The zero-order valence-corrected chi connectivity index (χ0v) is 16.3. The molecule has 144 valence electrons. The maximum Gasteiger partial charge on any atom is 0.314 e. The number of piperidine rings is 1. The SMILES string of the molecule is O=C(NCCOc1ccccc1)NCC1CCN(C2CCSCC2)CC1. The van der Waals surface area contributed by atoms with Gasteiger partial charge in [0.15, 0.2) is 0 Å². The van der Waals surface area contributed by atoms with Crippen LogP contribution in [0.2, 0.25) is 0 Å². The first-order valence-corrected chi connectivity index (χ1v) is 11.0. The minimum atomic E-state index is -0.0894. The Hall–Kier alpha value is -1.40. The average Bonchev–Trinajstić information content (AvgIpc) is 2.71. The van der Waals surface area contributed by atoms with E-state index in [0.717, 1.165) is 18.3 Å². The van der Waals surface area contributed by atoms with Gasteiger partial charge in [0.05, 0.1) is 6.54 Å². The lowest BCUT2D eigenvalue weighted by Crippen LogP contribution is -2.46. The van der Waals surface area contributed by atoms with E-state index in [-0.39, 0.29) is 6.03 Å². The minimum absolute atomic E-state index is 0.0894. The number of carbonyl (C=O) groups is 1. The Balaban J connectivity index is 1.23. The molecule has 0 radical (unpaired) electrons. The van der Waals surface area contributed by atoms with Crippen molar-refractivity contribution in [1.29, 1.82) is 0 Å². The van der Waals surface area contributed by atoms with Crippen molar-refractivity contribution in [3.63, 3.8) is 0 Å². The van der Waals surface area contributed by atoms with Crippen molar-refractivity contribution >= 4 is 17.8 Å². The molecular weight excluding hydrogens is 346 g/mol. The quantitative estimate of drug-likeness (QED) is 0.718. The van der Waals surface area contributed by atoms with Gasteiger partial charge in [0.2, 0.25) is 0 Å². The lowest BCUT2D eigenvalue weighted by molar-refractivity contribution is 0.125. The van der Waals surface area contributed by atoms with Crippen molar-refractivity contribution in [1.82, 2.24) is 15.5 Å². The third-order valence-electron chi connectivity index (χ3n) is 5.31. The summed E-state index contributed by atoms with van der Waals surface area (Å²) in [4.78, 5) is 14.6. The first-order valence-electron chi connectivity index (χ1n) is 9.82. The molecule has 0 aliphatic carbocycles. The number of para-hydroxylation sites is 1. The van der Waals surface area contributed by atoms with Crippen LogP contribution in [0.15, 0.2) is 30.3 Å². The normalized spacial score (nSPS) is 19.8. The Morgan fingerprint density at radius 1 is 1.08 bits per heavy atom. The summed E-state index contributed by atoms with van der Waals surface area (Å²) in [5.74, 6) is 4.08. The second-order valence-corrected chi connectivity index (χ2v) is 8.35. The van der Waals surface area contributed by atoms with Crippen LogP contribution in [0.25, 0.3) is 0 Å². The molecule has 5 nitrogen and oxygen atoms in total. The van der Waals surface area contributed by atoms with Gasteiger partial charge in [0.25, 0.3) is 0 Å². The summed E-state index contributed by atoms with van der Waals surface area (Å²) in [6.45, 7) is 4.15. The molecule has 1 aromatic rings. The molecule has 2 saturated heterocycles. The zero-order valence-electron chi connectivity index (χ0n) is 15.5. The fourth-order valence-corrected chi connectivity index (χ4v) is 4.80. The topological polar surface area (TPSA) is 53.6 Å². The minimum Gasteiger partial charge on any atom is -0.492 e. The Kier molecular flexibility index (Phi) is 7.95. The molecule has 2 heterocycles. The number of hydrogen-bond acceptors (Lipinski definition) is 4. The summed E-state index contributed by atoms with van der Waals surface area (Å²) in [5, 5.41) is 5.88.